The number of hydrogen-bond acceptors (Lipinski definition) is 4. The molecule has 6 nitrogen and oxygen atoms in total. The Bertz CT molecular complexity index is 1020. The summed E-state index contributed by atoms with van der Waals surface area (Å²) in [6.45, 7) is 3.85. The summed E-state index contributed by atoms with van der Waals surface area (Å²) in [4.78, 5) is 28.1. The van der Waals surface area contributed by atoms with Crippen molar-refractivity contribution in [2.24, 2.45) is 11.1 Å². The number of nitrogens with zero attached hydrogens (tertiary/aromatic N) is 1. The largest absolute Gasteiger partial charge is 0.474 e. The fourth-order valence-corrected chi connectivity index (χ4v) is 4.59. The first-order valence-electron chi connectivity index (χ1n) is 9.96. The lowest BCUT2D eigenvalue weighted by Crippen LogP contribution is -2.46. The van der Waals surface area contributed by atoms with Gasteiger partial charge in [-0.2, -0.15) is 13.2 Å². The molecule has 1 saturated carbocycles. The number of aromatic nitrogens is 1. The average Bonchev–Trinajstić information content (AvgIpc) is 2.65. The van der Waals surface area contributed by atoms with Gasteiger partial charge in [-0.05, 0) is 61.9 Å². The zero-order valence-electron chi connectivity index (χ0n) is 17.5. The lowest BCUT2D eigenvalue weighted by atomic mass is 9.65. The van der Waals surface area contributed by atoms with Crippen LogP contribution in [0.1, 0.15) is 59.4 Å². The number of rotatable bonds is 7. The molecule has 1 atom stereocenters. The molecule has 2 amide bonds. The van der Waals surface area contributed by atoms with Gasteiger partial charge in [0.25, 0.3) is 11.8 Å². The number of benzene rings is 1. The number of nitrogens with one attached hydrogen (secondary N) is 1. The van der Waals surface area contributed by atoms with Gasteiger partial charge in [-0.15, -0.1) is 0 Å². The molecular formula is C22H23BrF3N3O3. The molecule has 1 aromatic heterocycles. The molecule has 172 valence electrons. The van der Waals surface area contributed by atoms with Gasteiger partial charge in [-0.3, -0.25) is 9.59 Å². The van der Waals surface area contributed by atoms with E-state index >= 15 is 0 Å². The normalized spacial score (nSPS) is 21.4. The van der Waals surface area contributed by atoms with E-state index in [1.165, 1.54) is 12.3 Å². The van der Waals surface area contributed by atoms with Crippen LogP contribution in [0.15, 0.2) is 41.0 Å². The van der Waals surface area contributed by atoms with Gasteiger partial charge in [0, 0.05) is 22.3 Å². The van der Waals surface area contributed by atoms with Crippen molar-refractivity contribution < 1.29 is 27.5 Å². The standard InChI is InChI=1S/C22H23BrF3N3O3/c1-12(29-19(31)13-6-14(22(24,25)26)8-15(23)7-13)9-21(2)10-16(11-21)32-20-17(18(27)30)4-3-5-28-20/h3-8,12,16H,9-11H2,1-2H3,(H2,27,30)(H,29,31)/t12-,16?,21?/m1/s1. The summed E-state index contributed by atoms with van der Waals surface area (Å²) in [5, 5.41) is 2.77. The molecule has 0 unspecified atom stereocenters. The highest BCUT2D eigenvalue weighted by molar-refractivity contribution is 9.10. The van der Waals surface area contributed by atoms with Gasteiger partial charge in [0.15, 0.2) is 0 Å². The molecule has 1 heterocycles. The maximum absolute atomic E-state index is 13.0. The van der Waals surface area contributed by atoms with Gasteiger partial charge in [0.2, 0.25) is 5.88 Å². The Labute approximate surface area is 191 Å². The minimum atomic E-state index is -4.54. The fourth-order valence-electron chi connectivity index (χ4n) is 4.10. The van der Waals surface area contributed by atoms with Gasteiger partial charge < -0.3 is 15.8 Å². The van der Waals surface area contributed by atoms with E-state index in [1.807, 2.05) is 13.8 Å². The minimum Gasteiger partial charge on any atom is -0.474 e. The Kier molecular flexibility index (Phi) is 6.83. The highest BCUT2D eigenvalue weighted by atomic mass is 79.9. The van der Waals surface area contributed by atoms with Crippen LogP contribution in [-0.2, 0) is 6.18 Å². The van der Waals surface area contributed by atoms with Crippen LogP contribution in [0.2, 0.25) is 0 Å². The van der Waals surface area contributed by atoms with E-state index in [1.54, 1.807) is 12.1 Å². The molecule has 0 bridgehead atoms. The second-order valence-electron chi connectivity index (χ2n) is 8.48. The molecule has 0 aliphatic heterocycles. The van der Waals surface area contributed by atoms with Crippen LogP contribution in [0.4, 0.5) is 13.2 Å². The van der Waals surface area contributed by atoms with Gasteiger partial charge >= 0.3 is 6.18 Å². The van der Waals surface area contributed by atoms with Crippen LogP contribution in [0, 0.1) is 5.41 Å². The molecule has 1 aliphatic rings. The van der Waals surface area contributed by atoms with Crippen LogP contribution in [0.25, 0.3) is 0 Å². The van der Waals surface area contributed by atoms with Gasteiger partial charge in [0.05, 0.1) is 5.56 Å². The van der Waals surface area contributed by atoms with E-state index in [9.17, 15) is 22.8 Å². The lowest BCUT2D eigenvalue weighted by Gasteiger charge is -2.46. The summed E-state index contributed by atoms with van der Waals surface area (Å²) in [5.74, 6) is -0.990. The Morgan fingerprint density at radius 2 is 2.03 bits per heavy atom. The van der Waals surface area contributed by atoms with Crippen molar-refractivity contribution >= 4 is 27.7 Å². The van der Waals surface area contributed by atoms with Crippen LogP contribution >= 0.6 is 15.9 Å². The predicted octanol–water partition coefficient (Wildman–Crippen LogP) is 4.72. The number of halogens is 4. The SMILES string of the molecule is C[C@H](CC1(C)CC(Oc2ncccc2C(N)=O)C1)NC(=O)c1cc(Br)cc(C(F)(F)F)c1. The van der Waals surface area contributed by atoms with Crippen molar-refractivity contribution in [1.29, 1.82) is 0 Å². The molecule has 0 saturated heterocycles. The van der Waals surface area contributed by atoms with Crippen molar-refractivity contribution in [2.45, 2.75) is 51.4 Å². The van der Waals surface area contributed by atoms with Crippen LogP contribution in [0.3, 0.4) is 0 Å². The van der Waals surface area contributed by atoms with E-state index in [0.29, 0.717) is 19.3 Å². The highest BCUT2D eigenvalue weighted by Gasteiger charge is 2.43. The molecule has 1 fully saturated rings. The zero-order chi connectivity index (χ0) is 23.7. The predicted molar refractivity (Wildman–Crippen MR) is 115 cm³/mol. The number of amides is 2. The third kappa shape index (κ3) is 5.79. The number of carbonyl (C=O) groups is 2. The first kappa shape index (κ1) is 24.0. The van der Waals surface area contributed by atoms with E-state index in [-0.39, 0.29) is 39.0 Å². The second kappa shape index (κ2) is 9.09. The van der Waals surface area contributed by atoms with Gasteiger partial charge in [-0.1, -0.05) is 22.9 Å². The fraction of sp³-hybridized carbons (Fsp3) is 0.409. The van der Waals surface area contributed by atoms with Crippen LogP contribution in [0.5, 0.6) is 5.88 Å². The Hall–Kier alpha value is -2.62. The third-order valence-electron chi connectivity index (χ3n) is 5.42. The Morgan fingerprint density at radius 3 is 2.66 bits per heavy atom. The highest BCUT2D eigenvalue weighted by Crippen LogP contribution is 2.46. The van der Waals surface area contributed by atoms with E-state index in [4.69, 9.17) is 10.5 Å². The van der Waals surface area contributed by atoms with Crippen LogP contribution in [-0.4, -0.2) is 28.9 Å². The minimum absolute atomic E-state index is 0.0624. The first-order valence-corrected chi connectivity index (χ1v) is 10.8. The van der Waals surface area contributed by atoms with E-state index in [2.05, 4.69) is 26.2 Å². The third-order valence-corrected chi connectivity index (χ3v) is 5.88. The van der Waals surface area contributed by atoms with Crippen molar-refractivity contribution in [1.82, 2.24) is 10.3 Å². The maximum Gasteiger partial charge on any atom is 0.416 e. The monoisotopic (exact) mass is 513 g/mol. The Morgan fingerprint density at radius 1 is 1.34 bits per heavy atom. The summed E-state index contributed by atoms with van der Waals surface area (Å²) in [5.41, 5.74) is 4.48. The number of hydrogen-bond donors (Lipinski definition) is 2. The maximum atomic E-state index is 13.0. The summed E-state index contributed by atoms with van der Waals surface area (Å²) < 4.78 is 45.1. The molecule has 3 rings (SSSR count). The Balaban J connectivity index is 1.56. The molecule has 2 aromatic rings. The topological polar surface area (TPSA) is 94.3 Å². The smallest absolute Gasteiger partial charge is 0.416 e. The summed E-state index contributed by atoms with van der Waals surface area (Å²) in [7, 11) is 0. The lowest BCUT2D eigenvalue weighted by molar-refractivity contribution is -0.137. The van der Waals surface area contributed by atoms with E-state index < -0.39 is 23.6 Å². The summed E-state index contributed by atoms with van der Waals surface area (Å²) in [6.07, 6.45) is -1.20. The van der Waals surface area contributed by atoms with Crippen molar-refractivity contribution in [3.63, 3.8) is 0 Å². The summed E-state index contributed by atoms with van der Waals surface area (Å²) in [6, 6.07) is 6.01. The number of nitrogens with two attached hydrogens (primary N) is 1. The molecular weight excluding hydrogens is 491 g/mol. The molecule has 10 heteroatoms. The van der Waals surface area contributed by atoms with Gasteiger partial charge in [0.1, 0.15) is 11.7 Å². The number of alkyl halides is 3. The van der Waals surface area contributed by atoms with E-state index in [0.717, 1.165) is 12.1 Å². The van der Waals surface area contributed by atoms with Crippen LogP contribution < -0.4 is 15.8 Å². The van der Waals surface area contributed by atoms with Crippen molar-refractivity contribution in [2.75, 3.05) is 0 Å². The second-order valence-corrected chi connectivity index (χ2v) is 9.40. The molecule has 0 radical (unpaired) electrons. The summed E-state index contributed by atoms with van der Waals surface area (Å²) >= 11 is 3.03. The molecule has 0 spiro atoms. The number of pyridine rings is 1. The molecule has 1 aliphatic carbocycles. The number of primary amides is 1. The molecule has 32 heavy (non-hydrogen) atoms. The van der Waals surface area contributed by atoms with Crippen molar-refractivity contribution in [3.05, 3.63) is 57.7 Å². The first-order chi connectivity index (χ1) is 14.9. The van der Waals surface area contributed by atoms with Gasteiger partial charge in [-0.25, -0.2) is 4.98 Å². The number of carbonyl (C=O) groups excluding carboxylic acids is 2. The average molecular weight is 514 g/mol. The zero-order valence-corrected chi connectivity index (χ0v) is 19.1. The molecule has 3 N–H and O–H groups in total. The molecule has 1 aromatic carbocycles. The van der Waals surface area contributed by atoms with Crippen molar-refractivity contribution in [3.8, 4) is 5.88 Å². The number of ether oxygens (including phenoxy) is 1. The quantitative estimate of drug-likeness (QED) is 0.560.